The van der Waals surface area contributed by atoms with E-state index in [1.54, 1.807) is 11.3 Å². The van der Waals surface area contributed by atoms with Gasteiger partial charge in [0.05, 0.1) is 4.88 Å². The first-order valence-corrected chi connectivity index (χ1v) is 5.99. The Labute approximate surface area is 97.9 Å². The fourth-order valence-electron chi connectivity index (χ4n) is 1.36. The highest BCUT2D eigenvalue weighted by Gasteiger charge is 2.06. The highest BCUT2D eigenvalue weighted by molar-refractivity contribution is 7.15. The molecule has 0 unspecified atom stereocenters. The summed E-state index contributed by atoms with van der Waals surface area (Å²) >= 11 is 7.64. The maximum absolute atomic E-state index is 5.92. The van der Waals surface area contributed by atoms with Crippen molar-refractivity contribution in [3.63, 3.8) is 0 Å². The van der Waals surface area contributed by atoms with E-state index in [1.165, 1.54) is 4.88 Å². The first kappa shape index (κ1) is 10.6. The van der Waals surface area contributed by atoms with Gasteiger partial charge in [-0.2, -0.15) is 0 Å². The van der Waals surface area contributed by atoms with Gasteiger partial charge in [-0.15, -0.1) is 21.5 Å². The zero-order valence-corrected chi connectivity index (χ0v) is 10.2. The van der Waals surface area contributed by atoms with E-state index in [4.69, 9.17) is 11.6 Å². The van der Waals surface area contributed by atoms with Gasteiger partial charge < -0.3 is 0 Å². The van der Waals surface area contributed by atoms with Crippen LogP contribution in [0.15, 0.2) is 18.2 Å². The molecule has 4 heteroatoms. The third-order valence-electron chi connectivity index (χ3n) is 2.20. The molecule has 0 amide bonds. The molecule has 0 radical (unpaired) electrons. The average Bonchev–Trinajstić information content (AvgIpc) is 2.66. The molecular weight excluding hydrogens is 228 g/mol. The van der Waals surface area contributed by atoms with Gasteiger partial charge in [-0.3, -0.25) is 0 Å². The summed E-state index contributed by atoms with van der Waals surface area (Å²) in [6.45, 7) is 4.14. The number of aryl methyl sites for hydroxylation is 2. The van der Waals surface area contributed by atoms with Crippen molar-refractivity contribution in [1.29, 1.82) is 0 Å². The molecule has 0 aliphatic rings. The van der Waals surface area contributed by atoms with Crippen molar-refractivity contribution in [1.82, 2.24) is 10.2 Å². The van der Waals surface area contributed by atoms with Crippen molar-refractivity contribution in [2.45, 2.75) is 20.3 Å². The van der Waals surface area contributed by atoms with Gasteiger partial charge >= 0.3 is 0 Å². The van der Waals surface area contributed by atoms with Gasteiger partial charge in [-0.05, 0) is 37.1 Å². The van der Waals surface area contributed by atoms with Crippen LogP contribution in [0.2, 0.25) is 5.15 Å². The predicted molar refractivity (Wildman–Crippen MR) is 64.5 cm³/mol. The lowest BCUT2D eigenvalue weighted by Gasteiger charge is -2.01. The molecular formula is C11H11ClN2S. The van der Waals surface area contributed by atoms with Crippen molar-refractivity contribution in [3.05, 3.63) is 33.8 Å². The molecule has 0 atom stereocenters. The quantitative estimate of drug-likeness (QED) is 0.797. The molecule has 0 aromatic carbocycles. The number of rotatable bonds is 2. The standard InChI is InChI=1S/C11H11ClN2S/c1-3-8-6-9(13-14-11(8)12)10-5-4-7(2)15-10/h4-6H,3H2,1-2H3. The Kier molecular flexibility index (Phi) is 3.03. The summed E-state index contributed by atoms with van der Waals surface area (Å²) in [5.74, 6) is 0. The Morgan fingerprint density at radius 3 is 2.73 bits per heavy atom. The van der Waals surface area contributed by atoms with Crippen LogP contribution in [0.25, 0.3) is 10.6 Å². The lowest BCUT2D eigenvalue weighted by atomic mass is 10.2. The summed E-state index contributed by atoms with van der Waals surface area (Å²) in [5, 5.41) is 8.57. The molecule has 78 valence electrons. The Morgan fingerprint density at radius 1 is 1.33 bits per heavy atom. The largest absolute Gasteiger partial charge is 0.154 e. The Bertz CT molecular complexity index is 479. The van der Waals surface area contributed by atoms with Crippen LogP contribution in [0.5, 0.6) is 0 Å². The fraction of sp³-hybridized carbons (Fsp3) is 0.273. The van der Waals surface area contributed by atoms with Crippen molar-refractivity contribution >= 4 is 22.9 Å². The van der Waals surface area contributed by atoms with Crippen LogP contribution in [0.3, 0.4) is 0 Å². The normalized spacial score (nSPS) is 10.6. The maximum Gasteiger partial charge on any atom is 0.154 e. The Morgan fingerprint density at radius 2 is 2.13 bits per heavy atom. The second-order valence-corrected chi connectivity index (χ2v) is 4.96. The Balaban J connectivity index is 2.45. The molecule has 2 aromatic heterocycles. The van der Waals surface area contributed by atoms with E-state index >= 15 is 0 Å². The minimum atomic E-state index is 0.509. The van der Waals surface area contributed by atoms with Gasteiger partial charge in [0.15, 0.2) is 5.15 Å². The summed E-state index contributed by atoms with van der Waals surface area (Å²) in [4.78, 5) is 2.42. The van der Waals surface area contributed by atoms with Crippen LogP contribution in [0.4, 0.5) is 0 Å². The minimum Gasteiger partial charge on any atom is -0.148 e. The van der Waals surface area contributed by atoms with Gasteiger partial charge in [0.1, 0.15) is 5.69 Å². The highest BCUT2D eigenvalue weighted by atomic mass is 35.5. The molecule has 0 N–H and O–H groups in total. The summed E-state index contributed by atoms with van der Waals surface area (Å²) < 4.78 is 0. The SMILES string of the molecule is CCc1cc(-c2ccc(C)s2)nnc1Cl. The predicted octanol–water partition coefficient (Wildman–Crippen LogP) is 3.73. The first-order valence-electron chi connectivity index (χ1n) is 4.79. The van der Waals surface area contributed by atoms with E-state index < -0.39 is 0 Å². The third-order valence-corrected chi connectivity index (χ3v) is 3.54. The van der Waals surface area contributed by atoms with Crippen LogP contribution < -0.4 is 0 Å². The van der Waals surface area contributed by atoms with Gasteiger partial charge in [0.25, 0.3) is 0 Å². The molecule has 2 heterocycles. The smallest absolute Gasteiger partial charge is 0.148 e. The van der Waals surface area contributed by atoms with E-state index in [2.05, 4.69) is 36.2 Å². The van der Waals surface area contributed by atoms with Crippen LogP contribution >= 0.6 is 22.9 Å². The summed E-state index contributed by atoms with van der Waals surface area (Å²) in [5.41, 5.74) is 1.96. The van der Waals surface area contributed by atoms with Crippen LogP contribution in [0, 0.1) is 6.92 Å². The lowest BCUT2D eigenvalue weighted by Crippen LogP contribution is -1.92. The van der Waals surface area contributed by atoms with Crippen molar-refractivity contribution in [2.24, 2.45) is 0 Å². The summed E-state index contributed by atoms with van der Waals surface area (Å²) in [6.07, 6.45) is 0.881. The van der Waals surface area contributed by atoms with Crippen LogP contribution in [-0.2, 0) is 6.42 Å². The van der Waals surface area contributed by atoms with Gasteiger partial charge in [0.2, 0.25) is 0 Å². The number of thiophene rings is 1. The number of halogens is 1. The molecule has 0 spiro atoms. The molecule has 2 nitrogen and oxygen atoms in total. The second-order valence-electron chi connectivity index (χ2n) is 3.31. The van der Waals surface area contributed by atoms with Gasteiger partial charge in [-0.25, -0.2) is 0 Å². The maximum atomic E-state index is 5.92. The molecule has 15 heavy (non-hydrogen) atoms. The molecule has 0 saturated carbocycles. The molecule has 0 bridgehead atoms. The van der Waals surface area contributed by atoms with Gasteiger partial charge in [-0.1, -0.05) is 18.5 Å². The topological polar surface area (TPSA) is 25.8 Å². The molecule has 0 saturated heterocycles. The molecule has 0 aliphatic carbocycles. The zero-order chi connectivity index (χ0) is 10.8. The number of hydrogen-bond donors (Lipinski definition) is 0. The van der Waals surface area contributed by atoms with Gasteiger partial charge in [0, 0.05) is 4.88 Å². The highest BCUT2D eigenvalue weighted by Crippen LogP contribution is 2.27. The number of aromatic nitrogens is 2. The number of hydrogen-bond acceptors (Lipinski definition) is 3. The monoisotopic (exact) mass is 238 g/mol. The van der Waals surface area contributed by atoms with Crippen molar-refractivity contribution in [3.8, 4) is 10.6 Å². The van der Waals surface area contributed by atoms with Crippen LogP contribution in [0.1, 0.15) is 17.4 Å². The molecule has 2 rings (SSSR count). The van der Waals surface area contributed by atoms with Crippen LogP contribution in [-0.4, -0.2) is 10.2 Å². The van der Waals surface area contributed by atoms with E-state index in [0.29, 0.717) is 5.15 Å². The average molecular weight is 239 g/mol. The lowest BCUT2D eigenvalue weighted by molar-refractivity contribution is 0.992. The summed E-state index contributed by atoms with van der Waals surface area (Å²) in [7, 11) is 0. The van der Waals surface area contributed by atoms with E-state index in [0.717, 1.165) is 22.6 Å². The minimum absolute atomic E-state index is 0.509. The summed E-state index contributed by atoms with van der Waals surface area (Å²) in [6, 6.07) is 6.17. The van der Waals surface area contributed by atoms with Crippen molar-refractivity contribution in [2.75, 3.05) is 0 Å². The zero-order valence-electron chi connectivity index (χ0n) is 8.62. The first-order chi connectivity index (χ1) is 7.20. The molecule has 2 aromatic rings. The molecule has 0 fully saturated rings. The fourth-order valence-corrected chi connectivity index (χ4v) is 2.41. The Hall–Kier alpha value is -0.930. The van der Waals surface area contributed by atoms with Crippen molar-refractivity contribution < 1.29 is 0 Å². The van der Waals surface area contributed by atoms with E-state index in [1.807, 2.05) is 6.07 Å². The number of nitrogens with zero attached hydrogens (tertiary/aromatic N) is 2. The molecule has 0 aliphatic heterocycles. The third kappa shape index (κ3) is 2.19. The second kappa shape index (κ2) is 4.29. The van der Waals surface area contributed by atoms with E-state index in [9.17, 15) is 0 Å². The van der Waals surface area contributed by atoms with E-state index in [-0.39, 0.29) is 0 Å².